The minimum Gasteiger partial charge on any atom is -0.293 e. The largest absolute Gasteiger partial charge is 0.293 e. The zero-order chi connectivity index (χ0) is 11.8. The summed E-state index contributed by atoms with van der Waals surface area (Å²) in [5, 5.41) is 0. The quantitative estimate of drug-likeness (QED) is 0.750. The third-order valence-electron chi connectivity index (χ3n) is 3.02. The van der Waals surface area contributed by atoms with Crippen LogP contribution in [0.15, 0.2) is 47.4 Å². The van der Waals surface area contributed by atoms with Crippen molar-refractivity contribution in [3.8, 4) is 11.1 Å². The van der Waals surface area contributed by atoms with Crippen LogP contribution in [0, 0.1) is 6.92 Å². The van der Waals surface area contributed by atoms with Crippen LogP contribution >= 0.6 is 11.8 Å². The zero-order valence-corrected chi connectivity index (χ0v) is 10.4. The van der Waals surface area contributed by atoms with Crippen LogP contribution in [0.3, 0.4) is 0 Å². The molecule has 0 N–H and O–H groups in total. The summed E-state index contributed by atoms with van der Waals surface area (Å²) in [6, 6.07) is 14.6. The molecule has 0 aromatic heterocycles. The number of fused-ring (bicyclic) bond motifs is 1. The van der Waals surface area contributed by atoms with Crippen LogP contribution in [0.5, 0.6) is 0 Å². The highest BCUT2D eigenvalue weighted by molar-refractivity contribution is 8.00. The Morgan fingerprint density at radius 1 is 1.00 bits per heavy atom. The second-order valence-electron chi connectivity index (χ2n) is 4.29. The van der Waals surface area contributed by atoms with Gasteiger partial charge < -0.3 is 0 Å². The van der Waals surface area contributed by atoms with Crippen LogP contribution in [-0.4, -0.2) is 11.5 Å². The van der Waals surface area contributed by atoms with Crippen molar-refractivity contribution in [2.45, 2.75) is 11.8 Å². The van der Waals surface area contributed by atoms with Crippen molar-refractivity contribution in [1.82, 2.24) is 0 Å². The lowest BCUT2D eigenvalue weighted by atomic mass is 10.0. The Kier molecular flexibility index (Phi) is 2.52. The number of carbonyl (C=O) groups is 1. The number of rotatable bonds is 1. The molecule has 0 spiro atoms. The fourth-order valence-corrected chi connectivity index (χ4v) is 2.96. The molecule has 0 atom stereocenters. The standard InChI is InChI=1S/C15H12OS/c1-10-2-4-11(5-3-10)12-6-7-15-13(8-12)14(16)9-17-15/h2-8H,9H2,1H3. The summed E-state index contributed by atoms with van der Waals surface area (Å²) in [5.74, 6) is 0.839. The third kappa shape index (κ3) is 1.89. The van der Waals surface area contributed by atoms with Gasteiger partial charge in [0, 0.05) is 10.5 Å². The van der Waals surface area contributed by atoms with E-state index >= 15 is 0 Å². The molecule has 2 aromatic carbocycles. The molecular weight excluding hydrogens is 228 g/mol. The van der Waals surface area contributed by atoms with Gasteiger partial charge >= 0.3 is 0 Å². The molecule has 84 valence electrons. The molecule has 2 heteroatoms. The number of hydrogen-bond donors (Lipinski definition) is 0. The fourth-order valence-electron chi connectivity index (χ4n) is 2.02. The van der Waals surface area contributed by atoms with Gasteiger partial charge in [-0.25, -0.2) is 0 Å². The maximum atomic E-state index is 11.7. The van der Waals surface area contributed by atoms with Gasteiger partial charge in [0.2, 0.25) is 0 Å². The maximum absolute atomic E-state index is 11.7. The molecule has 1 aliphatic heterocycles. The third-order valence-corrected chi connectivity index (χ3v) is 4.10. The number of ketones is 1. The van der Waals surface area contributed by atoms with Crippen molar-refractivity contribution in [2.75, 3.05) is 5.75 Å². The lowest BCUT2D eigenvalue weighted by Crippen LogP contribution is -1.95. The molecule has 0 fully saturated rings. The SMILES string of the molecule is Cc1ccc(-c2ccc3c(c2)C(=O)CS3)cc1. The molecule has 0 saturated carbocycles. The maximum Gasteiger partial charge on any atom is 0.174 e. The highest BCUT2D eigenvalue weighted by Gasteiger charge is 2.20. The Bertz CT molecular complexity index is 584. The van der Waals surface area contributed by atoms with E-state index in [-0.39, 0.29) is 5.78 Å². The summed E-state index contributed by atoms with van der Waals surface area (Å²) in [7, 11) is 0. The lowest BCUT2D eigenvalue weighted by Gasteiger charge is -2.04. The van der Waals surface area contributed by atoms with Gasteiger partial charge in [-0.3, -0.25) is 4.79 Å². The number of thioether (sulfide) groups is 1. The fraction of sp³-hybridized carbons (Fsp3) is 0.133. The number of Topliss-reactive ketones (excluding diaryl/α,β-unsaturated/α-hetero) is 1. The van der Waals surface area contributed by atoms with E-state index in [1.165, 1.54) is 11.1 Å². The smallest absolute Gasteiger partial charge is 0.174 e. The molecule has 3 rings (SSSR count). The van der Waals surface area contributed by atoms with E-state index in [0.29, 0.717) is 5.75 Å². The first-order valence-electron chi connectivity index (χ1n) is 5.61. The Balaban J connectivity index is 2.08. The monoisotopic (exact) mass is 240 g/mol. The Morgan fingerprint density at radius 3 is 2.47 bits per heavy atom. The minimum atomic E-state index is 0.249. The predicted octanol–water partition coefficient (Wildman–Crippen LogP) is 3.95. The van der Waals surface area contributed by atoms with Crippen LogP contribution in [0.25, 0.3) is 11.1 Å². The first-order valence-corrected chi connectivity index (χ1v) is 6.60. The van der Waals surface area contributed by atoms with Crippen LogP contribution < -0.4 is 0 Å². The summed E-state index contributed by atoms with van der Waals surface area (Å²) in [5.41, 5.74) is 4.43. The van der Waals surface area contributed by atoms with Gasteiger partial charge in [0.05, 0.1) is 5.75 Å². The summed E-state index contributed by atoms with van der Waals surface area (Å²) in [6.45, 7) is 2.08. The molecule has 1 nitrogen and oxygen atoms in total. The molecule has 0 amide bonds. The van der Waals surface area contributed by atoms with Gasteiger partial charge in [0.1, 0.15) is 0 Å². The van der Waals surface area contributed by atoms with Gasteiger partial charge in [0.15, 0.2) is 5.78 Å². The Hall–Kier alpha value is -1.54. The highest BCUT2D eigenvalue weighted by Crippen LogP contribution is 2.34. The molecule has 1 heterocycles. The van der Waals surface area contributed by atoms with E-state index in [2.05, 4.69) is 43.3 Å². The van der Waals surface area contributed by atoms with Crippen LogP contribution in [0.4, 0.5) is 0 Å². The number of benzene rings is 2. The normalized spacial score (nSPS) is 13.8. The van der Waals surface area contributed by atoms with Crippen molar-refractivity contribution in [1.29, 1.82) is 0 Å². The number of carbonyl (C=O) groups excluding carboxylic acids is 1. The molecule has 0 bridgehead atoms. The van der Waals surface area contributed by atoms with E-state index in [1.54, 1.807) is 11.8 Å². The van der Waals surface area contributed by atoms with E-state index in [1.807, 2.05) is 6.07 Å². The Labute approximate surface area is 105 Å². The van der Waals surface area contributed by atoms with Crippen LogP contribution in [0.2, 0.25) is 0 Å². The van der Waals surface area contributed by atoms with Gasteiger partial charge in [-0.15, -0.1) is 11.8 Å². The molecule has 0 radical (unpaired) electrons. The summed E-state index contributed by atoms with van der Waals surface area (Å²) in [6.07, 6.45) is 0. The van der Waals surface area contributed by atoms with Gasteiger partial charge in [-0.2, -0.15) is 0 Å². The van der Waals surface area contributed by atoms with Crippen molar-refractivity contribution in [3.63, 3.8) is 0 Å². The van der Waals surface area contributed by atoms with Crippen LogP contribution in [-0.2, 0) is 0 Å². The minimum absolute atomic E-state index is 0.249. The summed E-state index contributed by atoms with van der Waals surface area (Å²) < 4.78 is 0. The lowest BCUT2D eigenvalue weighted by molar-refractivity contribution is 0.102. The molecule has 0 saturated heterocycles. The van der Waals surface area contributed by atoms with Gasteiger partial charge in [0.25, 0.3) is 0 Å². The van der Waals surface area contributed by atoms with Gasteiger partial charge in [-0.05, 0) is 30.2 Å². The highest BCUT2D eigenvalue weighted by atomic mass is 32.2. The molecule has 17 heavy (non-hydrogen) atoms. The second-order valence-corrected chi connectivity index (χ2v) is 5.31. The zero-order valence-electron chi connectivity index (χ0n) is 9.57. The van der Waals surface area contributed by atoms with E-state index in [4.69, 9.17) is 0 Å². The van der Waals surface area contributed by atoms with Crippen molar-refractivity contribution < 1.29 is 4.79 Å². The first kappa shape index (κ1) is 10.6. The second kappa shape index (κ2) is 4.04. The predicted molar refractivity (Wildman–Crippen MR) is 71.7 cm³/mol. The van der Waals surface area contributed by atoms with Crippen molar-refractivity contribution in [2.24, 2.45) is 0 Å². The van der Waals surface area contributed by atoms with Crippen LogP contribution in [0.1, 0.15) is 15.9 Å². The molecule has 0 aliphatic carbocycles. The summed E-state index contributed by atoms with van der Waals surface area (Å²) in [4.78, 5) is 12.8. The molecule has 1 aliphatic rings. The number of aryl methyl sites for hydroxylation is 1. The van der Waals surface area contributed by atoms with Gasteiger partial charge in [-0.1, -0.05) is 35.9 Å². The topological polar surface area (TPSA) is 17.1 Å². The molecule has 2 aromatic rings. The average Bonchev–Trinajstić information content (AvgIpc) is 2.72. The molecular formula is C15H12OS. The van der Waals surface area contributed by atoms with E-state index in [0.717, 1.165) is 16.0 Å². The van der Waals surface area contributed by atoms with E-state index in [9.17, 15) is 4.79 Å². The molecule has 0 unspecified atom stereocenters. The summed E-state index contributed by atoms with van der Waals surface area (Å²) >= 11 is 1.63. The Morgan fingerprint density at radius 2 is 1.71 bits per heavy atom. The van der Waals surface area contributed by atoms with Crippen molar-refractivity contribution in [3.05, 3.63) is 53.6 Å². The van der Waals surface area contributed by atoms with E-state index < -0.39 is 0 Å². The first-order chi connectivity index (χ1) is 8.24. The van der Waals surface area contributed by atoms with Crippen molar-refractivity contribution >= 4 is 17.5 Å². The number of hydrogen-bond acceptors (Lipinski definition) is 2. The average molecular weight is 240 g/mol.